The van der Waals surface area contributed by atoms with Gasteiger partial charge in [0.05, 0.1) is 18.0 Å². The Hall–Kier alpha value is -2.38. The summed E-state index contributed by atoms with van der Waals surface area (Å²) in [6.45, 7) is 7.59. The summed E-state index contributed by atoms with van der Waals surface area (Å²) < 4.78 is 32.3. The van der Waals surface area contributed by atoms with E-state index in [2.05, 4.69) is 10.0 Å². The fraction of sp³-hybridized carbons (Fsp3) is 0.350. The summed E-state index contributed by atoms with van der Waals surface area (Å²) in [7, 11) is -2.04. The minimum atomic E-state index is -3.63. The van der Waals surface area contributed by atoms with Crippen molar-refractivity contribution in [1.82, 2.24) is 10.0 Å². The van der Waals surface area contributed by atoms with Crippen LogP contribution in [0.2, 0.25) is 0 Å². The molecule has 0 radical (unpaired) electrons. The molecule has 2 N–H and O–H groups in total. The number of sulfonamides is 1. The summed E-state index contributed by atoms with van der Waals surface area (Å²) in [5.41, 5.74) is 2.94. The van der Waals surface area contributed by atoms with Crippen molar-refractivity contribution in [3.05, 3.63) is 58.7 Å². The van der Waals surface area contributed by atoms with Crippen molar-refractivity contribution in [1.29, 1.82) is 0 Å². The van der Waals surface area contributed by atoms with Crippen LogP contribution in [0.25, 0.3) is 0 Å². The number of hydrogen-bond donors (Lipinski definition) is 2. The number of nitrogens with one attached hydrogen (secondary N) is 2. The third-order valence-electron chi connectivity index (χ3n) is 4.30. The Labute approximate surface area is 161 Å². The molecule has 0 saturated heterocycles. The normalized spacial score (nSPS) is 12.5. The first-order valence-electron chi connectivity index (χ1n) is 8.75. The highest BCUT2D eigenvalue weighted by atomic mass is 32.2. The fourth-order valence-electron chi connectivity index (χ4n) is 2.83. The maximum absolute atomic E-state index is 12.8. The number of rotatable bonds is 7. The molecule has 0 aliphatic heterocycles. The second kappa shape index (κ2) is 8.54. The largest absolute Gasteiger partial charge is 0.496 e. The van der Waals surface area contributed by atoms with Gasteiger partial charge in [-0.2, -0.15) is 0 Å². The molecule has 0 fully saturated rings. The summed E-state index contributed by atoms with van der Waals surface area (Å²) >= 11 is 0. The zero-order chi connectivity index (χ0) is 20.2. The highest BCUT2D eigenvalue weighted by Crippen LogP contribution is 2.26. The molecule has 0 aromatic heterocycles. The number of methoxy groups -OCH3 is 1. The number of carbonyl (C=O) groups excluding carboxylic acids is 1. The second-order valence-corrected chi connectivity index (χ2v) is 8.19. The topological polar surface area (TPSA) is 84.5 Å². The first kappa shape index (κ1) is 20.9. The summed E-state index contributed by atoms with van der Waals surface area (Å²) in [6, 6.07) is 10.00. The maximum atomic E-state index is 12.8. The van der Waals surface area contributed by atoms with E-state index in [4.69, 9.17) is 4.74 Å². The molecular weight excluding hydrogens is 364 g/mol. The molecule has 27 heavy (non-hydrogen) atoms. The third-order valence-corrected chi connectivity index (χ3v) is 5.84. The van der Waals surface area contributed by atoms with Gasteiger partial charge in [0.2, 0.25) is 10.0 Å². The van der Waals surface area contributed by atoms with Crippen molar-refractivity contribution >= 4 is 15.9 Å². The van der Waals surface area contributed by atoms with E-state index in [0.717, 1.165) is 11.1 Å². The molecule has 6 nitrogen and oxygen atoms in total. The lowest BCUT2D eigenvalue weighted by molar-refractivity contribution is 0.0938. The van der Waals surface area contributed by atoms with Crippen LogP contribution in [-0.2, 0) is 10.0 Å². The number of hydrogen-bond acceptors (Lipinski definition) is 4. The average molecular weight is 391 g/mol. The van der Waals surface area contributed by atoms with Gasteiger partial charge in [-0.3, -0.25) is 4.79 Å². The zero-order valence-electron chi connectivity index (χ0n) is 16.3. The summed E-state index contributed by atoms with van der Waals surface area (Å²) in [5.74, 6) is 0.353. The van der Waals surface area contributed by atoms with E-state index in [0.29, 0.717) is 16.9 Å². The molecule has 2 aromatic rings. The minimum absolute atomic E-state index is 0.0703. The molecule has 2 rings (SSSR count). The minimum Gasteiger partial charge on any atom is -0.496 e. The van der Waals surface area contributed by atoms with Crippen molar-refractivity contribution in [2.24, 2.45) is 0 Å². The quantitative estimate of drug-likeness (QED) is 0.761. The molecule has 7 heteroatoms. The molecule has 1 atom stereocenters. The van der Waals surface area contributed by atoms with Crippen molar-refractivity contribution in [2.45, 2.75) is 38.6 Å². The van der Waals surface area contributed by atoms with Crippen LogP contribution in [-0.4, -0.2) is 28.0 Å². The molecule has 0 heterocycles. The Morgan fingerprint density at radius 2 is 1.85 bits per heavy atom. The Morgan fingerprint density at radius 1 is 1.15 bits per heavy atom. The first-order chi connectivity index (χ1) is 12.7. The standard InChI is InChI=1S/C20H26N2O4S/c1-6-21-27(24,25)16-9-8-14(3)17(12-16)20(23)22-15(4)18-11-13(2)7-10-19(18)26-5/h7-12,15,21H,6H2,1-5H3,(H,22,23). The van der Waals surface area contributed by atoms with E-state index in [1.165, 1.54) is 12.1 Å². The van der Waals surface area contributed by atoms with Crippen LogP contribution in [0.5, 0.6) is 5.75 Å². The van der Waals surface area contributed by atoms with Gasteiger partial charge in [-0.1, -0.05) is 30.7 Å². The van der Waals surface area contributed by atoms with E-state index in [1.807, 2.05) is 32.0 Å². The first-order valence-corrected chi connectivity index (χ1v) is 10.2. The van der Waals surface area contributed by atoms with Crippen LogP contribution in [0.15, 0.2) is 41.3 Å². The Morgan fingerprint density at radius 3 is 2.48 bits per heavy atom. The Balaban J connectivity index is 2.32. The second-order valence-electron chi connectivity index (χ2n) is 6.42. The van der Waals surface area contributed by atoms with Crippen LogP contribution in [0.4, 0.5) is 0 Å². The molecule has 0 aliphatic carbocycles. The monoisotopic (exact) mass is 390 g/mol. The zero-order valence-corrected chi connectivity index (χ0v) is 17.1. The SMILES string of the molecule is CCNS(=O)(=O)c1ccc(C)c(C(=O)NC(C)c2cc(C)ccc2OC)c1. The number of ether oxygens (including phenoxy) is 1. The summed E-state index contributed by atoms with van der Waals surface area (Å²) in [4.78, 5) is 12.9. The highest BCUT2D eigenvalue weighted by molar-refractivity contribution is 7.89. The maximum Gasteiger partial charge on any atom is 0.252 e. The Bertz CT molecular complexity index is 939. The van der Waals surface area contributed by atoms with Gasteiger partial charge < -0.3 is 10.1 Å². The predicted octanol–water partition coefficient (Wildman–Crippen LogP) is 3.10. The van der Waals surface area contributed by atoms with E-state index in [-0.39, 0.29) is 23.4 Å². The average Bonchev–Trinajstić information content (AvgIpc) is 2.61. The van der Waals surface area contributed by atoms with Gasteiger partial charge in [0, 0.05) is 17.7 Å². The summed E-state index contributed by atoms with van der Waals surface area (Å²) in [6.07, 6.45) is 0. The van der Waals surface area contributed by atoms with Gasteiger partial charge in [0.1, 0.15) is 5.75 Å². The van der Waals surface area contributed by atoms with Gasteiger partial charge in [0.15, 0.2) is 0 Å². The lowest BCUT2D eigenvalue weighted by Gasteiger charge is -2.19. The molecule has 1 amide bonds. The van der Waals surface area contributed by atoms with Crippen molar-refractivity contribution in [2.75, 3.05) is 13.7 Å². The molecular formula is C20H26N2O4S. The van der Waals surface area contributed by atoms with E-state index < -0.39 is 10.0 Å². The van der Waals surface area contributed by atoms with E-state index in [9.17, 15) is 13.2 Å². The van der Waals surface area contributed by atoms with Gasteiger partial charge in [-0.15, -0.1) is 0 Å². The molecule has 0 spiro atoms. The van der Waals surface area contributed by atoms with Crippen LogP contribution in [0.3, 0.4) is 0 Å². The smallest absolute Gasteiger partial charge is 0.252 e. The van der Waals surface area contributed by atoms with Crippen LogP contribution in [0, 0.1) is 13.8 Å². The Kier molecular flexibility index (Phi) is 6.62. The van der Waals surface area contributed by atoms with Gasteiger partial charge in [-0.05, 0) is 44.5 Å². The van der Waals surface area contributed by atoms with Gasteiger partial charge in [-0.25, -0.2) is 13.1 Å². The number of amides is 1. The summed E-state index contributed by atoms with van der Waals surface area (Å²) in [5, 5.41) is 2.93. The van der Waals surface area contributed by atoms with Gasteiger partial charge in [0.25, 0.3) is 5.91 Å². The molecule has 2 aromatic carbocycles. The molecule has 1 unspecified atom stereocenters. The van der Waals surface area contributed by atoms with E-state index >= 15 is 0 Å². The molecule has 0 aliphatic rings. The number of aryl methyl sites for hydroxylation is 2. The van der Waals surface area contributed by atoms with E-state index in [1.54, 1.807) is 27.0 Å². The lowest BCUT2D eigenvalue weighted by atomic mass is 10.0. The highest BCUT2D eigenvalue weighted by Gasteiger charge is 2.20. The predicted molar refractivity (Wildman–Crippen MR) is 106 cm³/mol. The van der Waals surface area contributed by atoms with Crippen LogP contribution in [0.1, 0.15) is 46.9 Å². The number of carbonyl (C=O) groups is 1. The lowest BCUT2D eigenvalue weighted by Crippen LogP contribution is -2.28. The van der Waals surface area contributed by atoms with Crippen molar-refractivity contribution in [3.8, 4) is 5.75 Å². The van der Waals surface area contributed by atoms with Gasteiger partial charge >= 0.3 is 0 Å². The van der Waals surface area contributed by atoms with Crippen molar-refractivity contribution < 1.29 is 17.9 Å². The molecule has 146 valence electrons. The number of benzene rings is 2. The molecule has 0 bridgehead atoms. The third kappa shape index (κ3) is 4.87. The van der Waals surface area contributed by atoms with Crippen LogP contribution >= 0.6 is 0 Å². The molecule has 0 saturated carbocycles. The van der Waals surface area contributed by atoms with Crippen LogP contribution < -0.4 is 14.8 Å². The fourth-order valence-corrected chi connectivity index (χ4v) is 3.90. The van der Waals surface area contributed by atoms with Crippen molar-refractivity contribution in [3.63, 3.8) is 0 Å².